The molecule has 0 saturated heterocycles. The minimum absolute atomic E-state index is 0.156. The van der Waals surface area contributed by atoms with Crippen molar-refractivity contribution < 1.29 is 18.7 Å². The summed E-state index contributed by atoms with van der Waals surface area (Å²) in [5.74, 6) is -1.32. The molecule has 0 aliphatic heterocycles. The standard InChI is InChI=1S/C28H29F2N3O2/c1-2-27-16-19-17-32-33(22-8-6-21(29)7-9-22)25(19)14-20(27)11-13-28(27,35)12-10-18-4-3-5-24(30)23(18)15-26(31)34/h3-9,14,17,35H,2,10-13,15-16H2,1H3,(H2,31,34)/t27-,28-/m0/s1. The highest BCUT2D eigenvalue weighted by molar-refractivity contribution is 5.77. The van der Waals surface area contributed by atoms with E-state index in [4.69, 9.17) is 5.73 Å². The number of fused-ring (bicyclic) bond motifs is 2. The van der Waals surface area contributed by atoms with E-state index in [-0.39, 0.29) is 12.2 Å². The third-order valence-corrected chi connectivity index (χ3v) is 8.05. The van der Waals surface area contributed by atoms with Crippen LogP contribution < -0.4 is 5.73 Å². The van der Waals surface area contributed by atoms with Gasteiger partial charge in [0.25, 0.3) is 0 Å². The number of nitrogens with zero attached hydrogens (tertiary/aromatic N) is 2. The number of aliphatic hydroxyl groups is 1. The molecule has 3 N–H and O–H groups in total. The zero-order valence-corrected chi connectivity index (χ0v) is 19.7. The van der Waals surface area contributed by atoms with Gasteiger partial charge >= 0.3 is 0 Å². The molecule has 3 aromatic rings. The predicted molar refractivity (Wildman–Crippen MR) is 130 cm³/mol. The molecule has 5 nitrogen and oxygen atoms in total. The number of primary amides is 1. The molecule has 0 bridgehead atoms. The van der Waals surface area contributed by atoms with Gasteiger partial charge in [0.15, 0.2) is 0 Å². The third-order valence-electron chi connectivity index (χ3n) is 8.05. The SMILES string of the molecule is CC[C@]12Cc3cnn(-c4ccc(F)cc4)c3C=C1CC[C@@]2(O)CCc1cccc(F)c1CC(N)=O. The number of aryl methyl sites for hydroxylation is 1. The summed E-state index contributed by atoms with van der Waals surface area (Å²) in [5.41, 5.74) is 8.94. The normalized spacial score (nSPS) is 23.0. The van der Waals surface area contributed by atoms with Crippen LogP contribution in [-0.4, -0.2) is 26.4 Å². The zero-order valence-electron chi connectivity index (χ0n) is 19.7. The van der Waals surface area contributed by atoms with Crippen molar-refractivity contribution in [1.29, 1.82) is 0 Å². The maximum atomic E-state index is 14.4. The first-order valence-electron chi connectivity index (χ1n) is 12.1. The van der Waals surface area contributed by atoms with E-state index in [0.717, 1.165) is 29.8 Å². The van der Waals surface area contributed by atoms with Crippen molar-refractivity contribution in [3.63, 3.8) is 0 Å². The summed E-state index contributed by atoms with van der Waals surface area (Å²) in [6, 6.07) is 11.0. The van der Waals surface area contributed by atoms with E-state index in [1.54, 1.807) is 24.3 Å². The molecule has 2 atom stereocenters. The summed E-state index contributed by atoms with van der Waals surface area (Å²) in [5, 5.41) is 16.6. The third kappa shape index (κ3) is 3.88. The van der Waals surface area contributed by atoms with Gasteiger partial charge in [-0.15, -0.1) is 0 Å². The minimum Gasteiger partial charge on any atom is -0.389 e. The van der Waals surface area contributed by atoms with E-state index < -0.39 is 22.7 Å². The van der Waals surface area contributed by atoms with Crippen molar-refractivity contribution in [2.45, 2.75) is 57.5 Å². The summed E-state index contributed by atoms with van der Waals surface area (Å²) in [6.07, 6.45) is 7.50. The average molecular weight is 478 g/mol. The quantitative estimate of drug-likeness (QED) is 0.519. The second-order valence-corrected chi connectivity index (χ2v) is 9.78. The number of hydrogen-bond acceptors (Lipinski definition) is 3. The lowest BCUT2D eigenvalue weighted by Gasteiger charge is -2.45. The van der Waals surface area contributed by atoms with Crippen LogP contribution in [-0.2, 0) is 24.1 Å². The van der Waals surface area contributed by atoms with E-state index in [9.17, 15) is 18.7 Å². The van der Waals surface area contributed by atoms with Crippen molar-refractivity contribution in [2.24, 2.45) is 11.1 Å². The molecule has 5 rings (SSSR count). The van der Waals surface area contributed by atoms with Crippen molar-refractivity contribution in [3.05, 3.63) is 88.3 Å². The molecule has 1 amide bonds. The first-order chi connectivity index (χ1) is 16.8. The van der Waals surface area contributed by atoms with Crippen LogP contribution >= 0.6 is 0 Å². The van der Waals surface area contributed by atoms with Gasteiger partial charge in [-0.2, -0.15) is 5.10 Å². The summed E-state index contributed by atoms with van der Waals surface area (Å²) >= 11 is 0. The van der Waals surface area contributed by atoms with Crippen LogP contribution in [0, 0.1) is 17.0 Å². The number of rotatable bonds is 7. The van der Waals surface area contributed by atoms with Gasteiger partial charge in [-0.25, -0.2) is 13.5 Å². The van der Waals surface area contributed by atoms with E-state index in [2.05, 4.69) is 18.1 Å². The molecular weight excluding hydrogens is 448 g/mol. The Bertz CT molecular complexity index is 1310. The van der Waals surface area contributed by atoms with Crippen LogP contribution in [0.25, 0.3) is 11.8 Å². The Morgan fingerprint density at radius 3 is 2.69 bits per heavy atom. The van der Waals surface area contributed by atoms with E-state index in [1.807, 2.05) is 10.9 Å². The molecule has 2 aliphatic carbocycles. The fraction of sp³-hybridized carbons (Fsp3) is 0.357. The highest BCUT2D eigenvalue weighted by atomic mass is 19.1. The van der Waals surface area contributed by atoms with Gasteiger partial charge < -0.3 is 10.8 Å². The largest absolute Gasteiger partial charge is 0.389 e. The Labute approximate surface area is 203 Å². The van der Waals surface area contributed by atoms with Gasteiger partial charge in [-0.05, 0) is 86.1 Å². The number of hydrogen-bond donors (Lipinski definition) is 2. The first kappa shape index (κ1) is 23.4. The molecule has 2 aromatic carbocycles. The number of carbonyl (C=O) groups is 1. The molecule has 35 heavy (non-hydrogen) atoms. The fourth-order valence-corrected chi connectivity index (χ4v) is 6.16. The molecular formula is C28H29F2N3O2. The van der Waals surface area contributed by atoms with E-state index in [1.165, 1.54) is 23.8 Å². The second kappa shape index (κ2) is 8.72. The van der Waals surface area contributed by atoms with Gasteiger partial charge in [-0.1, -0.05) is 24.6 Å². The average Bonchev–Trinajstić information content (AvgIpc) is 3.37. The summed E-state index contributed by atoms with van der Waals surface area (Å²) in [6.45, 7) is 2.10. The number of aromatic nitrogens is 2. The van der Waals surface area contributed by atoms with Crippen LogP contribution in [0.15, 0.2) is 54.2 Å². The highest BCUT2D eigenvalue weighted by Crippen LogP contribution is 2.59. The minimum atomic E-state index is -0.973. The Morgan fingerprint density at radius 1 is 1.20 bits per heavy atom. The smallest absolute Gasteiger partial charge is 0.221 e. The summed E-state index contributed by atoms with van der Waals surface area (Å²) in [4.78, 5) is 11.5. The zero-order chi connectivity index (χ0) is 24.8. The number of halogens is 2. The van der Waals surface area contributed by atoms with E-state index >= 15 is 0 Å². The van der Waals surface area contributed by atoms with Crippen molar-refractivity contribution in [2.75, 3.05) is 0 Å². The van der Waals surface area contributed by atoms with Crippen molar-refractivity contribution in [3.8, 4) is 5.69 Å². The Morgan fingerprint density at radius 2 is 1.97 bits per heavy atom. The molecule has 1 fully saturated rings. The summed E-state index contributed by atoms with van der Waals surface area (Å²) < 4.78 is 29.7. The predicted octanol–water partition coefficient (Wildman–Crippen LogP) is 4.67. The van der Waals surface area contributed by atoms with Crippen LogP contribution in [0.2, 0.25) is 0 Å². The monoisotopic (exact) mass is 477 g/mol. The van der Waals surface area contributed by atoms with Gasteiger partial charge in [0.05, 0.1) is 29.6 Å². The van der Waals surface area contributed by atoms with Gasteiger partial charge in [0.2, 0.25) is 5.91 Å². The topological polar surface area (TPSA) is 81.1 Å². The Balaban J connectivity index is 1.45. The number of carbonyl (C=O) groups excluding carboxylic acids is 1. The van der Waals surface area contributed by atoms with Crippen molar-refractivity contribution in [1.82, 2.24) is 9.78 Å². The highest BCUT2D eigenvalue weighted by Gasteiger charge is 2.56. The molecule has 0 radical (unpaired) electrons. The lowest BCUT2D eigenvalue weighted by atomic mass is 9.63. The molecule has 0 unspecified atom stereocenters. The molecule has 7 heteroatoms. The molecule has 1 heterocycles. The van der Waals surface area contributed by atoms with Crippen molar-refractivity contribution >= 4 is 12.0 Å². The van der Waals surface area contributed by atoms with Crippen LogP contribution in [0.5, 0.6) is 0 Å². The van der Waals surface area contributed by atoms with Gasteiger partial charge in [0, 0.05) is 11.0 Å². The maximum absolute atomic E-state index is 14.4. The summed E-state index contributed by atoms with van der Waals surface area (Å²) in [7, 11) is 0. The number of benzene rings is 2. The molecule has 182 valence electrons. The maximum Gasteiger partial charge on any atom is 0.221 e. The lowest BCUT2D eigenvalue weighted by Crippen LogP contribution is -2.47. The first-order valence-corrected chi connectivity index (χ1v) is 12.1. The van der Waals surface area contributed by atoms with Gasteiger partial charge in [0.1, 0.15) is 11.6 Å². The molecule has 1 aromatic heterocycles. The molecule has 2 aliphatic rings. The molecule has 0 spiro atoms. The van der Waals surface area contributed by atoms with Crippen LogP contribution in [0.3, 0.4) is 0 Å². The Hall–Kier alpha value is -3.32. The second-order valence-electron chi connectivity index (χ2n) is 9.78. The fourth-order valence-electron chi connectivity index (χ4n) is 6.16. The van der Waals surface area contributed by atoms with Crippen LogP contribution in [0.4, 0.5) is 8.78 Å². The van der Waals surface area contributed by atoms with E-state index in [0.29, 0.717) is 36.8 Å². The van der Waals surface area contributed by atoms with Crippen LogP contribution in [0.1, 0.15) is 55.0 Å². The Kier molecular flexibility index (Phi) is 5.83. The van der Waals surface area contributed by atoms with Gasteiger partial charge in [-0.3, -0.25) is 4.79 Å². The molecule has 1 saturated carbocycles. The lowest BCUT2D eigenvalue weighted by molar-refractivity contribution is -0.117. The number of nitrogens with two attached hydrogens (primary N) is 1. The number of amides is 1.